The lowest BCUT2D eigenvalue weighted by molar-refractivity contribution is -0.137. The Morgan fingerprint density at radius 3 is 2.41 bits per heavy atom. The number of alkyl halides is 3. The van der Waals surface area contributed by atoms with Crippen molar-refractivity contribution in [2.45, 2.75) is 45.7 Å². The highest BCUT2D eigenvalue weighted by Crippen LogP contribution is 2.33. The summed E-state index contributed by atoms with van der Waals surface area (Å²) in [6, 6.07) is 10.5. The van der Waals surface area contributed by atoms with Crippen molar-refractivity contribution in [3.8, 4) is 11.5 Å². The zero-order valence-corrected chi connectivity index (χ0v) is 18.7. The van der Waals surface area contributed by atoms with Gasteiger partial charge in [0.05, 0.1) is 12.1 Å². The minimum Gasteiger partial charge on any atom is -0.454 e. The third kappa shape index (κ3) is 5.88. The van der Waals surface area contributed by atoms with E-state index in [0.717, 1.165) is 17.7 Å². The van der Waals surface area contributed by atoms with Crippen LogP contribution in [0.3, 0.4) is 0 Å². The number of carbonyl (C=O) groups excluding carboxylic acids is 1. The normalized spacial score (nSPS) is 13.0. The van der Waals surface area contributed by atoms with E-state index in [4.69, 9.17) is 13.9 Å². The summed E-state index contributed by atoms with van der Waals surface area (Å²) in [4.78, 5) is 18.4. The Morgan fingerprint density at radius 1 is 1.03 bits per heavy atom. The van der Waals surface area contributed by atoms with Crippen LogP contribution in [0.1, 0.15) is 46.9 Å². The van der Waals surface area contributed by atoms with Crippen LogP contribution in [0.15, 0.2) is 53.1 Å². The van der Waals surface area contributed by atoms with Gasteiger partial charge in [0, 0.05) is 19.1 Å². The van der Waals surface area contributed by atoms with Gasteiger partial charge in [-0.3, -0.25) is 9.69 Å². The van der Waals surface area contributed by atoms with Crippen LogP contribution in [0.25, 0.3) is 0 Å². The fourth-order valence-electron chi connectivity index (χ4n) is 3.54. The maximum atomic E-state index is 12.9. The first-order valence-corrected chi connectivity index (χ1v) is 10.7. The Bertz CT molecular complexity index is 1140. The van der Waals surface area contributed by atoms with Crippen LogP contribution in [0, 0.1) is 0 Å². The molecule has 2 aromatic carbocycles. The molecule has 0 unspecified atom stereocenters. The second kappa shape index (κ2) is 9.76. The highest BCUT2D eigenvalue weighted by atomic mass is 19.4. The Kier molecular flexibility index (Phi) is 6.78. The standard InChI is InChI=1S/C24H24F3N3O4/c1-15(2)28-23(31)19-13-32-22(29-19)12-30(10-16-3-6-18(7-4-16)24(25,26)27)11-17-5-8-20-21(9-17)34-14-33-20/h3-9,13,15H,10-12,14H2,1-2H3,(H,28,31). The predicted molar refractivity (Wildman–Crippen MR) is 116 cm³/mol. The molecule has 0 fully saturated rings. The number of nitrogens with one attached hydrogen (secondary N) is 1. The van der Waals surface area contributed by atoms with Crippen molar-refractivity contribution in [3.05, 3.63) is 77.0 Å². The van der Waals surface area contributed by atoms with Gasteiger partial charge in [-0.1, -0.05) is 18.2 Å². The zero-order chi connectivity index (χ0) is 24.3. The van der Waals surface area contributed by atoms with Crippen molar-refractivity contribution in [1.82, 2.24) is 15.2 Å². The number of fused-ring (bicyclic) bond motifs is 1. The van der Waals surface area contributed by atoms with E-state index < -0.39 is 11.7 Å². The molecule has 0 atom stereocenters. The summed E-state index contributed by atoms with van der Waals surface area (Å²) in [5, 5.41) is 2.75. The molecule has 10 heteroatoms. The number of hydrogen-bond donors (Lipinski definition) is 1. The number of oxazole rings is 1. The van der Waals surface area contributed by atoms with Gasteiger partial charge in [0.15, 0.2) is 17.2 Å². The number of benzene rings is 2. The van der Waals surface area contributed by atoms with Gasteiger partial charge in [-0.05, 0) is 49.2 Å². The lowest BCUT2D eigenvalue weighted by Crippen LogP contribution is -2.30. The maximum Gasteiger partial charge on any atom is 0.416 e. The summed E-state index contributed by atoms with van der Waals surface area (Å²) >= 11 is 0. The number of ether oxygens (including phenoxy) is 2. The van der Waals surface area contributed by atoms with Crippen LogP contribution < -0.4 is 14.8 Å². The lowest BCUT2D eigenvalue weighted by atomic mass is 10.1. The highest BCUT2D eigenvalue weighted by molar-refractivity contribution is 5.92. The number of nitrogens with zero attached hydrogens (tertiary/aromatic N) is 2. The molecule has 34 heavy (non-hydrogen) atoms. The van der Waals surface area contributed by atoms with E-state index in [1.54, 1.807) is 0 Å². The summed E-state index contributed by atoms with van der Waals surface area (Å²) in [6.45, 7) is 4.86. The quantitative estimate of drug-likeness (QED) is 0.506. The Labute approximate surface area is 194 Å². The number of hydrogen-bond acceptors (Lipinski definition) is 6. The molecule has 0 saturated carbocycles. The summed E-state index contributed by atoms with van der Waals surface area (Å²) in [7, 11) is 0. The van der Waals surface area contributed by atoms with Gasteiger partial charge in [0.1, 0.15) is 6.26 Å². The molecule has 1 aliphatic heterocycles. The second-order valence-electron chi connectivity index (χ2n) is 8.28. The first-order valence-electron chi connectivity index (χ1n) is 10.7. The maximum absolute atomic E-state index is 12.9. The molecular weight excluding hydrogens is 451 g/mol. The molecule has 4 rings (SSSR count). The molecular formula is C24H24F3N3O4. The minimum atomic E-state index is -4.39. The molecule has 1 aromatic heterocycles. The molecule has 1 aliphatic rings. The van der Waals surface area contributed by atoms with Crippen LogP contribution in [-0.4, -0.2) is 28.6 Å². The zero-order valence-electron chi connectivity index (χ0n) is 18.7. The van der Waals surface area contributed by atoms with Crippen molar-refractivity contribution >= 4 is 5.91 Å². The molecule has 1 N–H and O–H groups in total. The van der Waals surface area contributed by atoms with Crippen LogP contribution in [0.5, 0.6) is 11.5 Å². The van der Waals surface area contributed by atoms with E-state index in [-0.39, 0.29) is 31.0 Å². The highest BCUT2D eigenvalue weighted by Gasteiger charge is 2.30. The third-order valence-corrected chi connectivity index (χ3v) is 5.09. The number of carbonyl (C=O) groups is 1. The number of amides is 1. The van der Waals surface area contributed by atoms with E-state index in [9.17, 15) is 18.0 Å². The van der Waals surface area contributed by atoms with Crippen molar-refractivity contribution in [2.24, 2.45) is 0 Å². The summed E-state index contributed by atoms with van der Waals surface area (Å²) < 4.78 is 55.1. The number of rotatable bonds is 8. The van der Waals surface area contributed by atoms with Crippen LogP contribution in [0.4, 0.5) is 13.2 Å². The van der Waals surface area contributed by atoms with Gasteiger partial charge in [-0.25, -0.2) is 4.98 Å². The van der Waals surface area contributed by atoms with Gasteiger partial charge in [0.25, 0.3) is 5.91 Å². The van der Waals surface area contributed by atoms with Crippen LogP contribution >= 0.6 is 0 Å². The van der Waals surface area contributed by atoms with Crippen molar-refractivity contribution in [2.75, 3.05) is 6.79 Å². The largest absolute Gasteiger partial charge is 0.454 e. The van der Waals surface area contributed by atoms with E-state index in [0.29, 0.717) is 36.0 Å². The SMILES string of the molecule is CC(C)NC(=O)c1coc(CN(Cc2ccc(C(F)(F)F)cc2)Cc2ccc3c(c2)OCO3)n1. The molecule has 7 nitrogen and oxygen atoms in total. The van der Waals surface area contributed by atoms with E-state index in [1.165, 1.54) is 18.4 Å². The first kappa shape index (κ1) is 23.6. The van der Waals surface area contributed by atoms with Gasteiger partial charge in [-0.15, -0.1) is 0 Å². The first-order chi connectivity index (χ1) is 16.2. The molecule has 3 aromatic rings. The average Bonchev–Trinajstić information content (AvgIpc) is 3.42. The van der Waals surface area contributed by atoms with Crippen LogP contribution in [0.2, 0.25) is 0 Å². The fraction of sp³-hybridized carbons (Fsp3) is 0.333. The third-order valence-electron chi connectivity index (χ3n) is 5.09. The van der Waals surface area contributed by atoms with Gasteiger partial charge in [-0.2, -0.15) is 13.2 Å². The van der Waals surface area contributed by atoms with Crippen LogP contribution in [-0.2, 0) is 25.8 Å². The lowest BCUT2D eigenvalue weighted by Gasteiger charge is -2.21. The van der Waals surface area contributed by atoms with E-state index >= 15 is 0 Å². The summed E-state index contributed by atoms with van der Waals surface area (Å²) in [5.41, 5.74) is 1.08. The second-order valence-corrected chi connectivity index (χ2v) is 8.28. The Morgan fingerprint density at radius 2 is 1.71 bits per heavy atom. The van der Waals surface area contributed by atoms with Gasteiger partial charge in [0.2, 0.25) is 12.7 Å². The minimum absolute atomic E-state index is 0.0465. The smallest absolute Gasteiger partial charge is 0.416 e. The van der Waals surface area contributed by atoms with Crippen molar-refractivity contribution in [1.29, 1.82) is 0 Å². The molecule has 0 spiro atoms. The Hall–Kier alpha value is -3.53. The van der Waals surface area contributed by atoms with Crippen molar-refractivity contribution < 1.29 is 31.9 Å². The van der Waals surface area contributed by atoms with Gasteiger partial charge < -0.3 is 19.2 Å². The molecule has 0 aliphatic carbocycles. The predicted octanol–water partition coefficient (Wildman–Crippen LogP) is 4.76. The molecule has 0 saturated heterocycles. The summed E-state index contributed by atoms with van der Waals surface area (Å²) in [5.74, 6) is 1.28. The molecule has 1 amide bonds. The monoisotopic (exact) mass is 475 g/mol. The molecule has 2 heterocycles. The Balaban J connectivity index is 1.52. The molecule has 180 valence electrons. The van der Waals surface area contributed by atoms with E-state index in [1.807, 2.05) is 36.9 Å². The molecule has 0 bridgehead atoms. The van der Waals surface area contributed by atoms with E-state index in [2.05, 4.69) is 10.3 Å². The average molecular weight is 475 g/mol. The van der Waals surface area contributed by atoms with Gasteiger partial charge >= 0.3 is 6.18 Å². The topological polar surface area (TPSA) is 76.8 Å². The molecule has 0 radical (unpaired) electrons. The number of aromatic nitrogens is 1. The number of halogens is 3. The van der Waals surface area contributed by atoms with Crippen molar-refractivity contribution in [3.63, 3.8) is 0 Å². The fourth-order valence-corrected chi connectivity index (χ4v) is 3.54. The summed E-state index contributed by atoms with van der Waals surface area (Å²) in [6.07, 6.45) is -3.10.